The summed E-state index contributed by atoms with van der Waals surface area (Å²) in [6.45, 7) is 8.30. The van der Waals surface area contributed by atoms with Crippen LogP contribution in [0.3, 0.4) is 0 Å². The van der Waals surface area contributed by atoms with Gasteiger partial charge in [0.25, 0.3) is 0 Å². The second kappa shape index (κ2) is 6.51. The van der Waals surface area contributed by atoms with Crippen molar-refractivity contribution in [2.45, 2.75) is 52.1 Å². The summed E-state index contributed by atoms with van der Waals surface area (Å²) in [5, 5.41) is 16.3. The molecule has 0 rings (SSSR count). The number of imide groups is 1. The van der Waals surface area contributed by atoms with Crippen LogP contribution >= 0.6 is 0 Å². The minimum atomic E-state index is -1.18. The number of carbonyl (C=O) groups is 3. The van der Waals surface area contributed by atoms with Crippen molar-refractivity contribution >= 4 is 17.9 Å². The van der Waals surface area contributed by atoms with Crippen molar-refractivity contribution in [1.29, 1.82) is 0 Å². The van der Waals surface area contributed by atoms with Crippen LogP contribution in [0, 0.1) is 0 Å². The maximum absolute atomic E-state index is 11.5. The van der Waals surface area contributed by atoms with Gasteiger partial charge in [-0.1, -0.05) is 6.92 Å². The standard InChI is InChI=1S/C12H23N3O4/c1-6-12(5,9(17)18)13-7-8(16)14-10(19)15-11(2,3)4/h13H,6-7H2,1-5H3,(H,17,18)(H2,14,15,16,19). The average molecular weight is 273 g/mol. The lowest BCUT2D eigenvalue weighted by atomic mass is 9.99. The third-order valence-electron chi connectivity index (χ3n) is 2.56. The lowest BCUT2D eigenvalue weighted by Crippen LogP contribution is -2.54. The highest BCUT2D eigenvalue weighted by Gasteiger charge is 2.31. The molecular weight excluding hydrogens is 250 g/mol. The maximum Gasteiger partial charge on any atom is 0.323 e. The van der Waals surface area contributed by atoms with Crippen LogP contribution in [0.2, 0.25) is 0 Å². The van der Waals surface area contributed by atoms with Gasteiger partial charge in [0.2, 0.25) is 5.91 Å². The summed E-state index contributed by atoms with van der Waals surface area (Å²) < 4.78 is 0. The first-order valence-corrected chi connectivity index (χ1v) is 6.10. The molecule has 0 bridgehead atoms. The third kappa shape index (κ3) is 6.76. The number of hydrogen-bond acceptors (Lipinski definition) is 4. The molecule has 0 saturated heterocycles. The van der Waals surface area contributed by atoms with Gasteiger partial charge >= 0.3 is 12.0 Å². The van der Waals surface area contributed by atoms with E-state index in [1.807, 2.05) is 0 Å². The lowest BCUT2D eigenvalue weighted by Gasteiger charge is -2.24. The van der Waals surface area contributed by atoms with Crippen LogP contribution in [-0.4, -0.2) is 40.6 Å². The zero-order valence-electron chi connectivity index (χ0n) is 12.1. The van der Waals surface area contributed by atoms with E-state index >= 15 is 0 Å². The molecule has 0 aliphatic rings. The number of urea groups is 1. The Labute approximate surface area is 113 Å². The topological polar surface area (TPSA) is 108 Å². The van der Waals surface area contributed by atoms with Gasteiger partial charge in [-0.3, -0.25) is 20.2 Å². The molecule has 0 radical (unpaired) electrons. The number of amides is 3. The molecule has 0 aromatic heterocycles. The highest BCUT2D eigenvalue weighted by molar-refractivity contribution is 5.95. The molecule has 110 valence electrons. The van der Waals surface area contributed by atoms with E-state index in [9.17, 15) is 14.4 Å². The Morgan fingerprint density at radius 1 is 1.11 bits per heavy atom. The summed E-state index contributed by atoms with van der Waals surface area (Å²) in [4.78, 5) is 33.9. The van der Waals surface area contributed by atoms with E-state index in [0.29, 0.717) is 6.42 Å². The number of rotatable bonds is 5. The Kier molecular flexibility index (Phi) is 5.95. The van der Waals surface area contributed by atoms with Gasteiger partial charge in [-0.2, -0.15) is 0 Å². The quantitative estimate of drug-likeness (QED) is 0.582. The Bertz CT molecular complexity index is 362. The number of aliphatic carboxylic acids is 1. The smallest absolute Gasteiger partial charge is 0.323 e. The molecule has 19 heavy (non-hydrogen) atoms. The molecule has 1 unspecified atom stereocenters. The number of hydrogen-bond donors (Lipinski definition) is 4. The summed E-state index contributed by atoms with van der Waals surface area (Å²) in [5.41, 5.74) is -1.63. The molecule has 0 fully saturated rings. The molecular formula is C12H23N3O4. The first-order chi connectivity index (χ1) is 8.50. The maximum atomic E-state index is 11.5. The molecule has 0 aliphatic carbocycles. The Morgan fingerprint density at radius 2 is 1.63 bits per heavy atom. The van der Waals surface area contributed by atoms with Crippen molar-refractivity contribution in [3.63, 3.8) is 0 Å². The van der Waals surface area contributed by atoms with E-state index in [1.165, 1.54) is 6.92 Å². The van der Waals surface area contributed by atoms with Gasteiger partial charge in [0.15, 0.2) is 0 Å². The van der Waals surface area contributed by atoms with Crippen molar-refractivity contribution in [3.05, 3.63) is 0 Å². The number of carboxylic acid groups (broad SMARTS) is 1. The van der Waals surface area contributed by atoms with E-state index < -0.39 is 29.0 Å². The molecule has 4 N–H and O–H groups in total. The van der Waals surface area contributed by atoms with Crippen molar-refractivity contribution in [1.82, 2.24) is 16.0 Å². The summed E-state index contributed by atoms with van der Waals surface area (Å²) >= 11 is 0. The van der Waals surface area contributed by atoms with E-state index in [2.05, 4.69) is 16.0 Å². The molecule has 7 heteroatoms. The number of nitrogens with one attached hydrogen (secondary N) is 3. The molecule has 3 amide bonds. The second-order valence-electron chi connectivity index (χ2n) is 5.60. The van der Waals surface area contributed by atoms with Crippen LogP contribution in [0.5, 0.6) is 0 Å². The SMILES string of the molecule is CCC(C)(NCC(=O)NC(=O)NC(C)(C)C)C(=O)O. The third-order valence-corrected chi connectivity index (χ3v) is 2.56. The summed E-state index contributed by atoms with van der Waals surface area (Å²) in [7, 11) is 0. The van der Waals surface area contributed by atoms with Crippen LogP contribution in [0.1, 0.15) is 41.0 Å². The molecule has 0 spiro atoms. The molecule has 0 heterocycles. The Balaban J connectivity index is 4.27. The molecule has 7 nitrogen and oxygen atoms in total. The monoisotopic (exact) mass is 273 g/mol. The van der Waals surface area contributed by atoms with Crippen LogP contribution in [0.25, 0.3) is 0 Å². The predicted molar refractivity (Wildman–Crippen MR) is 70.8 cm³/mol. The van der Waals surface area contributed by atoms with E-state index in [0.717, 1.165) is 0 Å². The fourth-order valence-corrected chi connectivity index (χ4v) is 1.17. The van der Waals surface area contributed by atoms with Crippen molar-refractivity contribution in [2.75, 3.05) is 6.54 Å². The van der Waals surface area contributed by atoms with Crippen LogP contribution in [0.4, 0.5) is 4.79 Å². The fourth-order valence-electron chi connectivity index (χ4n) is 1.17. The van der Waals surface area contributed by atoms with Gasteiger partial charge in [-0.05, 0) is 34.1 Å². The van der Waals surface area contributed by atoms with E-state index in [1.54, 1.807) is 27.7 Å². The largest absolute Gasteiger partial charge is 0.480 e. The highest BCUT2D eigenvalue weighted by atomic mass is 16.4. The molecule has 0 aliphatic heterocycles. The molecule has 0 aromatic rings. The Morgan fingerprint density at radius 3 is 2.00 bits per heavy atom. The minimum Gasteiger partial charge on any atom is -0.480 e. The van der Waals surface area contributed by atoms with Gasteiger partial charge in [-0.15, -0.1) is 0 Å². The average Bonchev–Trinajstić information content (AvgIpc) is 2.22. The van der Waals surface area contributed by atoms with Gasteiger partial charge in [0.1, 0.15) is 5.54 Å². The second-order valence-corrected chi connectivity index (χ2v) is 5.60. The van der Waals surface area contributed by atoms with Gasteiger partial charge in [0, 0.05) is 5.54 Å². The first-order valence-electron chi connectivity index (χ1n) is 6.10. The normalized spacial score (nSPS) is 14.4. The molecule has 0 aromatic carbocycles. The summed E-state index contributed by atoms with van der Waals surface area (Å²) in [6, 6.07) is -0.604. The minimum absolute atomic E-state index is 0.242. The highest BCUT2D eigenvalue weighted by Crippen LogP contribution is 2.08. The zero-order valence-corrected chi connectivity index (χ0v) is 12.1. The van der Waals surface area contributed by atoms with E-state index in [-0.39, 0.29) is 6.54 Å². The predicted octanol–water partition coefficient (Wildman–Crippen LogP) is 0.454. The molecule has 0 saturated carbocycles. The molecule has 1 atom stereocenters. The number of carbonyl (C=O) groups excluding carboxylic acids is 2. The van der Waals surface area contributed by atoms with Crippen LogP contribution in [-0.2, 0) is 9.59 Å². The van der Waals surface area contributed by atoms with Crippen molar-refractivity contribution in [3.8, 4) is 0 Å². The van der Waals surface area contributed by atoms with Gasteiger partial charge in [-0.25, -0.2) is 4.79 Å². The number of carboxylic acids is 1. The fraction of sp³-hybridized carbons (Fsp3) is 0.750. The Hall–Kier alpha value is -1.63. The first kappa shape index (κ1) is 17.4. The zero-order chi connectivity index (χ0) is 15.3. The van der Waals surface area contributed by atoms with Crippen molar-refractivity contribution in [2.24, 2.45) is 0 Å². The van der Waals surface area contributed by atoms with Gasteiger partial charge in [0.05, 0.1) is 6.54 Å². The van der Waals surface area contributed by atoms with Crippen LogP contribution in [0.15, 0.2) is 0 Å². The summed E-state index contributed by atoms with van der Waals surface area (Å²) in [6.07, 6.45) is 0.323. The van der Waals surface area contributed by atoms with Crippen molar-refractivity contribution < 1.29 is 19.5 Å². The van der Waals surface area contributed by atoms with Gasteiger partial charge < -0.3 is 10.4 Å². The van der Waals surface area contributed by atoms with E-state index in [4.69, 9.17) is 5.11 Å². The van der Waals surface area contributed by atoms with Crippen LogP contribution < -0.4 is 16.0 Å². The summed E-state index contributed by atoms with van der Waals surface area (Å²) in [5.74, 6) is -1.62. The lowest BCUT2D eigenvalue weighted by molar-refractivity contribution is -0.144.